The number of hydrogen-bond donors (Lipinski definition) is 1. The number of unbranched alkanes of at least 4 members (excludes halogenated alkanes) is 1. The molecule has 1 radical (unpaired) electrons. The molecule has 0 aliphatic heterocycles. The number of anilines is 1. The van der Waals surface area contributed by atoms with Crippen molar-refractivity contribution in [3.63, 3.8) is 0 Å². The lowest BCUT2D eigenvalue weighted by molar-refractivity contribution is -0.112. The minimum absolute atomic E-state index is 0.272. The zero-order valence-corrected chi connectivity index (χ0v) is 8.55. The number of hydrogen-bond acceptors (Lipinski definition) is 1. The van der Waals surface area contributed by atoms with Crippen molar-refractivity contribution < 1.29 is 4.79 Å². The molecule has 1 N–H and O–H groups in total. The SMILES string of the molecule is [CH2]C(=O)Nc1ccc(CCCC)cc1. The second-order valence-electron chi connectivity index (χ2n) is 3.35. The van der Waals surface area contributed by atoms with Gasteiger partial charge in [0.15, 0.2) is 0 Å². The molecule has 0 heterocycles. The third-order valence-corrected chi connectivity index (χ3v) is 2.06. The predicted molar refractivity (Wildman–Crippen MR) is 59.0 cm³/mol. The summed E-state index contributed by atoms with van der Waals surface area (Å²) in [4.78, 5) is 10.6. The van der Waals surface area contributed by atoms with Crippen LogP contribution in [0.3, 0.4) is 0 Å². The van der Waals surface area contributed by atoms with Gasteiger partial charge in [-0.1, -0.05) is 25.5 Å². The lowest BCUT2D eigenvalue weighted by atomic mass is 10.1. The molecule has 0 atom stereocenters. The van der Waals surface area contributed by atoms with Gasteiger partial charge in [-0.25, -0.2) is 0 Å². The molecule has 0 aliphatic rings. The highest BCUT2D eigenvalue weighted by atomic mass is 16.1. The first-order valence-electron chi connectivity index (χ1n) is 4.94. The molecule has 2 nitrogen and oxygen atoms in total. The van der Waals surface area contributed by atoms with Gasteiger partial charge in [0.25, 0.3) is 0 Å². The second-order valence-corrected chi connectivity index (χ2v) is 3.35. The molecule has 0 aromatic heterocycles. The summed E-state index contributed by atoms with van der Waals surface area (Å²) in [6, 6.07) is 7.91. The standard InChI is InChI=1S/C12H16NO/c1-3-4-5-11-6-8-12(9-7-11)13-10(2)14/h6-9H,2-5H2,1H3,(H,13,14). The number of rotatable bonds is 4. The molecule has 1 amide bonds. The van der Waals surface area contributed by atoms with E-state index in [0.717, 1.165) is 12.1 Å². The van der Waals surface area contributed by atoms with Crippen LogP contribution in [0.1, 0.15) is 25.3 Å². The summed E-state index contributed by atoms with van der Waals surface area (Å²) >= 11 is 0. The number of amides is 1. The molecule has 0 spiro atoms. The van der Waals surface area contributed by atoms with Gasteiger partial charge in [-0.15, -0.1) is 0 Å². The monoisotopic (exact) mass is 190 g/mol. The Morgan fingerprint density at radius 3 is 2.50 bits per heavy atom. The van der Waals surface area contributed by atoms with E-state index in [2.05, 4.69) is 19.2 Å². The fourth-order valence-corrected chi connectivity index (χ4v) is 1.30. The van der Waals surface area contributed by atoms with Crippen molar-refractivity contribution in [2.75, 3.05) is 5.32 Å². The highest BCUT2D eigenvalue weighted by molar-refractivity contribution is 5.93. The van der Waals surface area contributed by atoms with E-state index in [0.29, 0.717) is 0 Å². The molecule has 0 unspecified atom stereocenters. The van der Waals surface area contributed by atoms with Crippen molar-refractivity contribution in [3.8, 4) is 0 Å². The number of benzene rings is 1. The second kappa shape index (κ2) is 5.43. The minimum Gasteiger partial charge on any atom is -0.326 e. The number of aryl methyl sites for hydroxylation is 1. The van der Waals surface area contributed by atoms with Crippen molar-refractivity contribution in [2.24, 2.45) is 0 Å². The van der Waals surface area contributed by atoms with Gasteiger partial charge in [0, 0.05) is 12.6 Å². The minimum atomic E-state index is -0.272. The molecular formula is C12H16NO. The molecule has 0 saturated heterocycles. The van der Waals surface area contributed by atoms with Crippen LogP contribution in [0.25, 0.3) is 0 Å². The smallest absolute Gasteiger partial charge is 0.224 e. The summed E-state index contributed by atoms with van der Waals surface area (Å²) in [5.74, 6) is -0.272. The number of carbonyl (C=O) groups excluding carboxylic acids is 1. The summed E-state index contributed by atoms with van der Waals surface area (Å²) in [5, 5.41) is 2.64. The molecule has 1 aromatic rings. The van der Waals surface area contributed by atoms with E-state index in [1.807, 2.05) is 24.3 Å². The van der Waals surface area contributed by atoms with Crippen LogP contribution < -0.4 is 5.32 Å². The van der Waals surface area contributed by atoms with E-state index in [1.165, 1.54) is 18.4 Å². The van der Waals surface area contributed by atoms with Crippen LogP contribution in [-0.2, 0) is 11.2 Å². The largest absolute Gasteiger partial charge is 0.326 e. The van der Waals surface area contributed by atoms with E-state index in [9.17, 15) is 4.79 Å². The Hall–Kier alpha value is -1.31. The topological polar surface area (TPSA) is 29.1 Å². The Labute approximate surface area is 85.3 Å². The summed E-state index contributed by atoms with van der Waals surface area (Å²) < 4.78 is 0. The summed E-state index contributed by atoms with van der Waals surface area (Å²) in [6.07, 6.45) is 3.52. The molecule has 0 fully saturated rings. The van der Waals surface area contributed by atoms with Crippen molar-refractivity contribution >= 4 is 11.6 Å². The fourth-order valence-electron chi connectivity index (χ4n) is 1.30. The zero-order chi connectivity index (χ0) is 10.4. The maximum atomic E-state index is 10.6. The molecule has 0 aliphatic carbocycles. The normalized spacial score (nSPS) is 9.86. The number of carbonyl (C=O) groups is 1. The van der Waals surface area contributed by atoms with E-state index < -0.39 is 0 Å². The van der Waals surface area contributed by atoms with Gasteiger partial charge >= 0.3 is 0 Å². The Kier molecular flexibility index (Phi) is 4.17. The van der Waals surface area contributed by atoms with Gasteiger partial charge in [0.1, 0.15) is 0 Å². The maximum Gasteiger partial charge on any atom is 0.224 e. The molecule has 75 valence electrons. The summed E-state index contributed by atoms with van der Waals surface area (Å²) in [7, 11) is 0. The average Bonchev–Trinajstić information content (AvgIpc) is 2.16. The van der Waals surface area contributed by atoms with E-state index in [-0.39, 0.29) is 5.91 Å². The van der Waals surface area contributed by atoms with Gasteiger partial charge in [-0.3, -0.25) is 4.79 Å². The van der Waals surface area contributed by atoms with Gasteiger partial charge in [0.2, 0.25) is 5.91 Å². The molecule has 0 bridgehead atoms. The lowest BCUT2D eigenvalue weighted by Crippen LogP contribution is -2.05. The molecule has 1 aromatic carbocycles. The highest BCUT2D eigenvalue weighted by Gasteiger charge is 1.95. The van der Waals surface area contributed by atoms with Crippen LogP contribution in [0.2, 0.25) is 0 Å². The van der Waals surface area contributed by atoms with Crippen LogP contribution in [-0.4, -0.2) is 5.91 Å². The maximum absolute atomic E-state index is 10.6. The van der Waals surface area contributed by atoms with Crippen LogP contribution in [0.15, 0.2) is 24.3 Å². The summed E-state index contributed by atoms with van der Waals surface area (Å²) in [6.45, 7) is 5.43. The third kappa shape index (κ3) is 3.60. The Bertz CT molecular complexity index is 290. The first kappa shape index (κ1) is 10.8. The van der Waals surface area contributed by atoms with Crippen LogP contribution >= 0.6 is 0 Å². The Balaban J connectivity index is 2.54. The third-order valence-electron chi connectivity index (χ3n) is 2.06. The van der Waals surface area contributed by atoms with E-state index in [4.69, 9.17) is 0 Å². The van der Waals surface area contributed by atoms with Gasteiger partial charge < -0.3 is 5.32 Å². The summed E-state index contributed by atoms with van der Waals surface area (Å²) in [5.41, 5.74) is 2.12. The van der Waals surface area contributed by atoms with Crippen molar-refractivity contribution in [3.05, 3.63) is 36.8 Å². The van der Waals surface area contributed by atoms with E-state index >= 15 is 0 Å². The number of nitrogens with one attached hydrogen (secondary N) is 1. The first-order chi connectivity index (χ1) is 6.72. The quantitative estimate of drug-likeness (QED) is 0.777. The van der Waals surface area contributed by atoms with Crippen LogP contribution in [0, 0.1) is 6.92 Å². The Morgan fingerprint density at radius 1 is 1.36 bits per heavy atom. The molecule has 14 heavy (non-hydrogen) atoms. The predicted octanol–water partition coefficient (Wildman–Crippen LogP) is 2.80. The molecule has 1 rings (SSSR count). The fraction of sp³-hybridized carbons (Fsp3) is 0.333. The highest BCUT2D eigenvalue weighted by Crippen LogP contribution is 2.11. The van der Waals surface area contributed by atoms with Gasteiger partial charge in [-0.05, 0) is 30.5 Å². The average molecular weight is 190 g/mol. The Morgan fingerprint density at radius 2 is 2.00 bits per heavy atom. The zero-order valence-electron chi connectivity index (χ0n) is 8.55. The molecular weight excluding hydrogens is 174 g/mol. The molecule has 0 saturated carbocycles. The van der Waals surface area contributed by atoms with Gasteiger partial charge in [-0.2, -0.15) is 0 Å². The van der Waals surface area contributed by atoms with Crippen molar-refractivity contribution in [1.29, 1.82) is 0 Å². The lowest BCUT2D eigenvalue weighted by Gasteiger charge is -2.03. The van der Waals surface area contributed by atoms with Gasteiger partial charge in [0.05, 0.1) is 0 Å². The first-order valence-corrected chi connectivity index (χ1v) is 4.94. The van der Waals surface area contributed by atoms with Crippen LogP contribution in [0.5, 0.6) is 0 Å². The molecule has 2 heteroatoms. The van der Waals surface area contributed by atoms with E-state index in [1.54, 1.807) is 0 Å². The van der Waals surface area contributed by atoms with Crippen molar-refractivity contribution in [1.82, 2.24) is 0 Å². The van der Waals surface area contributed by atoms with Crippen molar-refractivity contribution in [2.45, 2.75) is 26.2 Å². The van der Waals surface area contributed by atoms with Crippen LogP contribution in [0.4, 0.5) is 5.69 Å².